The fourth-order valence-electron chi connectivity index (χ4n) is 0.894. The van der Waals surface area contributed by atoms with Crippen LogP contribution in [-0.2, 0) is 6.42 Å². The zero-order valence-corrected chi connectivity index (χ0v) is 7.57. The van der Waals surface area contributed by atoms with Crippen molar-refractivity contribution in [2.24, 2.45) is 0 Å². The Morgan fingerprint density at radius 2 is 2.08 bits per heavy atom. The molecular weight excluding hydrogens is 187 g/mol. The standard InChI is InChI=1S/C9H7FN2S/c10-8-3-1-7(2-4-8)5-9(13)12-6-11/h1-4H,5H2,(H,12,13). The smallest absolute Gasteiger partial charge is 0.181 e. The average Bonchev–Trinajstić information content (AvgIpc) is 2.09. The quantitative estimate of drug-likeness (QED) is 0.443. The van der Waals surface area contributed by atoms with Gasteiger partial charge in [-0.1, -0.05) is 24.4 Å². The Balaban J connectivity index is 2.60. The Bertz CT molecular complexity index is 340. The van der Waals surface area contributed by atoms with Crippen molar-refractivity contribution >= 4 is 17.2 Å². The molecule has 13 heavy (non-hydrogen) atoms. The summed E-state index contributed by atoms with van der Waals surface area (Å²) in [5.74, 6) is -0.275. The van der Waals surface area contributed by atoms with Gasteiger partial charge in [-0.25, -0.2) is 4.39 Å². The lowest BCUT2D eigenvalue weighted by molar-refractivity contribution is 0.627. The summed E-state index contributed by atoms with van der Waals surface area (Å²) in [4.78, 5) is 0.439. The van der Waals surface area contributed by atoms with Gasteiger partial charge in [-0.05, 0) is 17.7 Å². The maximum atomic E-state index is 12.5. The maximum Gasteiger partial charge on any atom is 0.181 e. The molecule has 0 aromatic heterocycles. The predicted molar refractivity (Wildman–Crippen MR) is 51.5 cm³/mol. The molecule has 0 aliphatic rings. The van der Waals surface area contributed by atoms with Gasteiger partial charge in [-0.15, -0.1) is 0 Å². The van der Waals surface area contributed by atoms with Crippen LogP contribution in [0.4, 0.5) is 4.39 Å². The third kappa shape index (κ3) is 3.18. The van der Waals surface area contributed by atoms with Crippen molar-refractivity contribution in [3.63, 3.8) is 0 Å². The van der Waals surface area contributed by atoms with E-state index < -0.39 is 0 Å². The molecule has 0 aliphatic carbocycles. The Morgan fingerprint density at radius 1 is 1.46 bits per heavy atom. The van der Waals surface area contributed by atoms with Gasteiger partial charge in [0.05, 0.1) is 4.99 Å². The molecule has 66 valence electrons. The molecular formula is C9H7FN2S. The normalized spacial score (nSPS) is 8.92. The van der Waals surface area contributed by atoms with E-state index in [-0.39, 0.29) is 5.82 Å². The van der Waals surface area contributed by atoms with Crippen LogP contribution in [0.2, 0.25) is 0 Å². The number of thiocarbonyl (C=S) groups is 1. The lowest BCUT2D eigenvalue weighted by Gasteiger charge is -2.00. The second-order valence-corrected chi connectivity index (χ2v) is 2.96. The zero-order valence-electron chi connectivity index (χ0n) is 6.75. The fraction of sp³-hybridized carbons (Fsp3) is 0.111. The van der Waals surface area contributed by atoms with E-state index in [9.17, 15) is 4.39 Å². The molecule has 1 aromatic carbocycles. The van der Waals surface area contributed by atoms with Crippen LogP contribution in [0.5, 0.6) is 0 Å². The average molecular weight is 194 g/mol. The molecule has 2 nitrogen and oxygen atoms in total. The molecule has 0 saturated heterocycles. The first-order chi connectivity index (χ1) is 6.22. The molecule has 0 heterocycles. The van der Waals surface area contributed by atoms with Crippen molar-refractivity contribution in [1.29, 1.82) is 5.26 Å². The minimum Gasteiger partial charge on any atom is -0.286 e. The summed E-state index contributed by atoms with van der Waals surface area (Å²) in [7, 11) is 0. The lowest BCUT2D eigenvalue weighted by atomic mass is 10.1. The highest BCUT2D eigenvalue weighted by Gasteiger charge is 1.97. The Kier molecular flexibility index (Phi) is 3.35. The number of benzene rings is 1. The number of nitrogens with zero attached hydrogens (tertiary/aromatic N) is 1. The Morgan fingerprint density at radius 3 is 2.62 bits per heavy atom. The minimum absolute atomic E-state index is 0.275. The van der Waals surface area contributed by atoms with Crippen molar-refractivity contribution in [2.75, 3.05) is 0 Å². The zero-order chi connectivity index (χ0) is 9.68. The van der Waals surface area contributed by atoms with Crippen LogP contribution in [0.15, 0.2) is 24.3 Å². The van der Waals surface area contributed by atoms with Crippen LogP contribution in [0.3, 0.4) is 0 Å². The highest BCUT2D eigenvalue weighted by molar-refractivity contribution is 7.80. The Labute approximate surface area is 81.0 Å². The van der Waals surface area contributed by atoms with Crippen molar-refractivity contribution < 1.29 is 4.39 Å². The third-order valence-electron chi connectivity index (χ3n) is 1.47. The number of nitriles is 1. The molecule has 0 amide bonds. The summed E-state index contributed by atoms with van der Waals surface area (Å²) in [6.07, 6.45) is 2.20. The molecule has 1 aromatic rings. The SMILES string of the molecule is N#CNC(=S)Cc1ccc(F)cc1. The number of nitrogens with one attached hydrogen (secondary N) is 1. The first-order valence-corrected chi connectivity index (χ1v) is 4.05. The molecule has 0 saturated carbocycles. The maximum absolute atomic E-state index is 12.5. The molecule has 1 rings (SSSR count). The molecule has 0 radical (unpaired) electrons. The van der Waals surface area contributed by atoms with Crippen molar-refractivity contribution in [2.45, 2.75) is 6.42 Å². The van der Waals surface area contributed by atoms with E-state index in [0.29, 0.717) is 11.4 Å². The van der Waals surface area contributed by atoms with Crippen LogP contribution < -0.4 is 5.32 Å². The first-order valence-electron chi connectivity index (χ1n) is 3.65. The van der Waals surface area contributed by atoms with E-state index in [1.54, 1.807) is 18.3 Å². The topological polar surface area (TPSA) is 35.8 Å². The largest absolute Gasteiger partial charge is 0.286 e. The van der Waals surface area contributed by atoms with Crippen molar-refractivity contribution in [3.05, 3.63) is 35.6 Å². The molecule has 0 bridgehead atoms. The first kappa shape index (κ1) is 9.62. The van der Waals surface area contributed by atoms with E-state index >= 15 is 0 Å². The van der Waals surface area contributed by atoms with Crippen LogP contribution >= 0.6 is 12.2 Å². The summed E-state index contributed by atoms with van der Waals surface area (Å²) in [6, 6.07) is 6.01. The van der Waals surface area contributed by atoms with Crippen molar-refractivity contribution in [1.82, 2.24) is 5.32 Å². The van der Waals surface area contributed by atoms with Gasteiger partial charge in [0.15, 0.2) is 6.19 Å². The number of hydrogen-bond acceptors (Lipinski definition) is 2. The van der Waals surface area contributed by atoms with E-state index in [0.717, 1.165) is 5.56 Å². The summed E-state index contributed by atoms with van der Waals surface area (Å²) in [6.45, 7) is 0. The number of halogens is 1. The molecule has 0 unspecified atom stereocenters. The summed E-state index contributed by atoms with van der Waals surface area (Å²) in [5.41, 5.74) is 0.883. The van der Waals surface area contributed by atoms with Gasteiger partial charge < -0.3 is 0 Å². The summed E-state index contributed by atoms with van der Waals surface area (Å²) >= 11 is 4.84. The molecule has 0 fully saturated rings. The Hall–Kier alpha value is -1.47. The molecule has 4 heteroatoms. The van der Waals surface area contributed by atoms with Gasteiger partial charge in [0.2, 0.25) is 0 Å². The van der Waals surface area contributed by atoms with Gasteiger partial charge in [0, 0.05) is 6.42 Å². The van der Waals surface area contributed by atoms with Crippen LogP contribution in [0, 0.1) is 17.3 Å². The van der Waals surface area contributed by atoms with Crippen molar-refractivity contribution in [3.8, 4) is 6.19 Å². The predicted octanol–water partition coefficient (Wildman–Crippen LogP) is 1.77. The van der Waals surface area contributed by atoms with Crippen LogP contribution in [-0.4, -0.2) is 4.99 Å². The fourth-order valence-corrected chi connectivity index (χ4v) is 1.11. The van der Waals surface area contributed by atoms with E-state index in [1.165, 1.54) is 12.1 Å². The van der Waals surface area contributed by atoms with Gasteiger partial charge in [0.1, 0.15) is 5.82 Å². The minimum atomic E-state index is -0.275. The highest BCUT2D eigenvalue weighted by Crippen LogP contribution is 2.03. The number of rotatable bonds is 2. The second-order valence-electron chi connectivity index (χ2n) is 2.46. The van der Waals surface area contributed by atoms with Gasteiger partial charge in [-0.3, -0.25) is 5.32 Å². The van der Waals surface area contributed by atoms with Gasteiger partial charge >= 0.3 is 0 Å². The second kappa shape index (κ2) is 4.53. The highest BCUT2D eigenvalue weighted by atomic mass is 32.1. The van der Waals surface area contributed by atoms with E-state index in [2.05, 4.69) is 5.32 Å². The molecule has 0 aliphatic heterocycles. The van der Waals surface area contributed by atoms with Gasteiger partial charge in [0.25, 0.3) is 0 Å². The van der Waals surface area contributed by atoms with Gasteiger partial charge in [-0.2, -0.15) is 5.26 Å². The molecule has 0 spiro atoms. The molecule has 0 atom stereocenters. The third-order valence-corrected chi connectivity index (χ3v) is 1.72. The molecule has 1 N–H and O–H groups in total. The van der Waals surface area contributed by atoms with Crippen LogP contribution in [0.25, 0.3) is 0 Å². The van der Waals surface area contributed by atoms with E-state index in [4.69, 9.17) is 17.5 Å². The van der Waals surface area contributed by atoms with Crippen LogP contribution in [0.1, 0.15) is 5.56 Å². The lowest BCUT2D eigenvalue weighted by Crippen LogP contribution is -2.17. The number of hydrogen-bond donors (Lipinski definition) is 1. The van der Waals surface area contributed by atoms with E-state index in [1.807, 2.05) is 0 Å². The summed E-state index contributed by atoms with van der Waals surface area (Å²) in [5, 5.41) is 10.6. The summed E-state index contributed by atoms with van der Waals surface area (Å²) < 4.78 is 12.5. The monoisotopic (exact) mass is 194 g/mol.